The van der Waals surface area contributed by atoms with Gasteiger partial charge in [0.1, 0.15) is 24.1 Å². The number of hydrogen-bond donors (Lipinski definition) is 3. The van der Waals surface area contributed by atoms with Crippen LogP contribution < -0.4 is 25.6 Å². The van der Waals surface area contributed by atoms with Crippen molar-refractivity contribution in [3.63, 3.8) is 0 Å². The lowest BCUT2D eigenvalue weighted by atomic mass is 9.96. The summed E-state index contributed by atoms with van der Waals surface area (Å²) in [6, 6.07) is 15.0. The maximum Gasteiger partial charge on any atom is 0.249 e. The van der Waals surface area contributed by atoms with E-state index in [0.717, 1.165) is 73.5 Å². The van der Waals surface area contributed by atoms with E-state index in [-0.39, 0.29) is 29.4 Å². The molecule has 3 saturated heterocycles. The normalized spacial score (nSPS) is 24.1. The number of aromatic hydroxyl groups is 1. The van der Waals surface area contributed by atoms with Gasteiger partial charge in [-0.25, -0.2) is 4.68 Å². The largest absolute Gasteiger partial charge is 0.507 e. The number of aromatic nitrogens is 4. The topological polar surface area (TPSA) is 155 Å². The first kappa shape index (κ1) is 33.3. The molecule has 0 saturated carbocycles. The van der Waals surface area contributed by atoms with Crippen molar-refractivity contribution in [3.05, 3.63) is 60.9 Å². The van der Waals surface area contributed by atoms with Crippen molar-refractivity contribution in [2.45, 2.75) is 43.5 Å². The highest BCUT2D eigenvalue weighted by molar-refractivity contribution is 8.34. The lowest BCUT2D eigenvalue weighted by Gasteiger charge is -2.42. The van der Waals surface area contributed by atoms with E-state index in [1.807, 2.05) is 18.5 Å². The number of nitrogen functional groups attached to an aromatic ring is 1. The summed E-state index contributed by atoms with van der Waals surface area (Å²) < 4.78 is 8.14. The third-order valence-electron chi connectivity index (χ3n) is 11.0. The van der Waals surface area contributed by atoms with E-state index >= 15 is 0 Å². The molecular formula is C37H45N9O4S. The summed E-state index contributed by atoms with van der Waals surface area (Å²) in [5.41, 5.74) is 9.99. The Balaban J connectivity index is 0.910. The highest BCUT2D eigenvalue weighted by atomic mass is 32.3. The van der Waals surface area contributed by atoms with Crippen LogP contribution in [0, 0.1) is 5.92 Å². The number of nitrogens with two attached hydrogens (primary N) is 1. The van der Waals surface area contributed by atoms with Gasteiger partial charge in [-0.15, -0.1) is 10.2 Å². The summed E-state index contributed by atoms with van der Waals surface area (Å²) in [4.78, 5) is 33.2. The minimum Gasteiger partial charge on any atom is -0.507 e. The smallest absolute Gasteiger partial charge is 0.249 e. The maximum absolute atomic E-state index is 12.8. The van der Waals surface area contributed by atoms with Crippen molar-refractivity contribution in [1.29, 1.82) is 0 Å². The molecule has 51 heavy (non-hydrogen) atoms. The molecular weight excluding hydrogens is 667 g/mol. The van der Waals surface area contributed by atoms with Crippen molar-refractivity contribution >= 4 is 39.0 Å². The van der Waals surface area contributed by atoms with Crippen LogP contribution in [0.2, 0.25) is 0 Å². The molecule has 2 atom stereocenters. The molecule has 0 aliphatic carbocycles. The van der Waals surface area contributed by atoms with Gasteiger partial charge in [0.15, 0.2) is 11.6 Å². The molecule has 13 nitrogen and oxygen atoms in total. The lowest BCUT2D eigenvalue weighted by molar-refractivity contribution is -0.134. The van der Waals surface area contributed by atoms with E-state index in [9.17, 15) is 14.7 Å². The van der Waals surface area contributed by atoms with Crippen molar-refractivity contribution in [2.24, 2.45) is 5.92 Å². The van der Waals surface area contributed by atoms with Gasteiger partial charge in [-0.2, -0.15) is 15.1 Å². The van der Waals surface area contributed by atoms with Gasteiger partial charge >= 0.3 is 0 Å². The second-order valence-electron chi connectivity index (χ2n) is 13.9. The van der Waals surface area contributed by atoms with Gasteiger partial charge in [-0.3, -0.25) is 19.8 Å². The van der Waals surface area contributed by atoms with Crippen LogP contribution in [0.15, 0.2) is 65.8 Å². The highest BCUT2D eigenvalue weighted by Crippen LogP contribution is 2.63. The van der Waals surface area contributed by atoms with Crippen molar-refractivity contribution in [3.8, 4) is 28.4 Å². The van der Waals surface area contributed by atoms with Crippen LogP contribution in [0.5, 0.6) is 11.5 Å². The van der Waals surface area contributed by atoms with Gasteiger partial charge in [0.2, 0.25) is 11.8 Å². The molecule has 0 radical (unpaired) electrons. The second kappa shape index (κ2) is 13.7. The predicted molar refractivity (Wildman–Crippen MR) is 199 cm³/mol. The molecule has 0 spiro atoms. The number of amides is 2. The number of carbonyl (C=O) groups is 2. The Bertz CT molecular complexity index is 1950. The van der Waals surface area contributed by atoms with Crippen molar-refractivity contribution < 1.29 is 19.4 Å². The van der Waals surface area contributed by atoms with E-state index in [2.05, 4.69) is 60.4 Å². The Morgan fingerprint density at radius 2 is 1.86 bits per heavy atom. The number of phenolic OH excluding ortho intramolecular Hbond substituents is 1. The number of nitrogens with one attached hydrogen (secondary N) is 1. The Kier molecular flexibility index (Phi) is 8.96. The number of phenols is 1. The zero-order chi connectivity index (χ0) is 35.1. The standard InChI is InChI=1S/C37H45N9O4S/c1-2-51(33-9-5-7-29-35(33)50-18-16-45(29)30-10-11-34(48)40-37(30)49)19-17-43(24-51)22-25-12-14-44(15-13-25)26-21-39-46(23-26)31-20-28(41-42-36(31)38)27-6-3-4-8-32(27)47/h3-9,20-21,23,25,30,47H,2,10-19,22,24H2,1H3,(H2,38,42)(H,40,48,49)/t30-/m1/s1. The van der Waals surface area contributed by atoms with E-state index in [4.69, 9.17) is 10.5 Å². The third-order valence-corrected chi connectivity index (χ3v) is 15.2. The second-order valence-corrected chi connectivity index (χ2v) is 17.7. The van der Waals surface area contributed by atoms with Gasteiger partial charge in [0, 0.05) is 48.9 Å². The SMILES string of the molecule is CCS1(c2cccc3c2OCCN3[C@@H]2CCC(=O)NC2=O)CCN(CC2CCN(c3cnn(-c4cc(-c5ccccc5O)nnc4N)c3)CC2)C1. The van der Waals surface area contributed by atoms with Gasteiger partial charge in [0.05, 0.1) is 36.0 Å². The molecule has 268 valence electrons. The van der Waals surface area contributed by atoms with Crippen molar-refractivity contribution in [2.75, 3.05) is 72.2 Å². The number of piperidine rings is 2. The zero-order valence-electron chi connectivity index (χ0n) is 28.9. The number of fused-ring (bicyclic) bond motifs is 1. The van der Waals surface area contributed by atoms with Crippen molar-refractivity contribution in [1.82, 2.24) is 30.2 Å². The molecule has 4 aliphatic rings. The minimum atomic E-state index is -1.14. The quantitative estimate of drug-likeness (QED) is 0.227. The van der Waals surface area contributed by atoms with Crippen LogP contribution in [0.1, 0.15) is 32.6 Å². The van der Waals surface area contributed by atoms with E-state index in [0.29, 0.717) is 48.9 Å². The van der Waals surface area contributed by atoms with E-state index in [1.165, 1.54) is 4.90 Å². The number of imide groups is 1. The third kappa shape index (κ3) is 6.35. The fourth-order valence-electron chi connectivity index (χ4n) is 8.13. The Morgan fingerprint density at radius 1 is 1.02 bits per heavy atom. The minimum absolute atomic E-state index is 0.133. The molecule has 4 aromatic rings. The molecule has 0 bridgehead atoms. The molecule has 4 N–H and O–H groups in total. The lowest BCUT2D eigenvalue weighted by Crippen LogP contribution is -2.54. The van der Waals surface area contributed by atoms with E-state index in [1.54, 1.807) is 28.9 Å². The number of anilines is 3. The summed E-state index contributed by atoms with van der Waals surface area (Å²) in [5, 5.41) is 25.8. The van der Waals surface area contributed by atoms with Gasteiger partial charge in [-0.05, 0) is 67.0 Å². The van der Waals surface area contributed by atoms with Gasteiger partial charge in [0.25, 0.3) is 0 Å². The molecule has 2 amide bonds. The highest BCUT2D eigenvalue weighted by Gasteiger charge is 2.40. The molecule has 3 fully saturated rings. The first-order valence-corrected chi connectivity index (χ1v) is 20.0. The monoisotopic (exact) mass is 711 g/mol. The number of ether oxygens (including phenoxy) is 1. The van der Waals surface area contributed by atoms with Crippen LogP contribution >= 0.6 is 10.0 Å². The Hall–Kier alpha value is -4.82. The Morgan fingerprint density at radius 3 is 2.67 bits per heavy atom. The molecule has 1 unspecified atom stereocenters. The zero-order valence-corrected chi connectivity index (χ0v) is 29.7. The van der Waals surface area contributed by atoms with Crippen LogP contribution in [0.3, 0.4) is 0 Å². The predicted octanol–water partition coefficient (Wildman–Crippen LogP) is 3.99. The number of rotatable bonds is 8. The van der Waals surface area contributed by atoms with Gasteiger partial charge < -0.3 is 25.4 Å². The molecule has 6 heterocycles. The maximum atomic E-state index is 12.8. The van der Waals surface area contributed by atoms with E-state index < -0.39 is 10.0 Å². The molecule has 2 aromatic carbocycles. The van der Waals surface area contributed by atoms with Crippen LogP contribution in [0.25, 0.3) is 16.9 Å². The number of nitrogens with zero attached hydrogens (tertiary/aromatic N) is 7. The summed E-state index contributed by atoms with van der Waals surface area (Å²) >= 11 is 0. The number of benzene rings is 2. The fourth-order valence-corrected chi connectivity index (χ4v) is 11.9. The molecule has 8 rings (SSSR count). The molecule has 4 aliphatic heterocycles. The summed E-state index contributed by atoms with van der Waals surface area (Å²) in [5.74, 6) is 4.89. The summed E-state index contributed by atoms with van der Waals surface area (Å²) in [6.07, 6.45) is 6.99. The first-order valence-electron chi connectivity index (χ1n) is 17.9. The van der Waals surface area contributed by atoms with Crippen LogP contribution in [-0.2, 0) is 9.59 Å². The average molecular weight is 712 g/mol. The number of para-hydroxylation sites is 2. The number of carbonyl (C=O) groups excluding carboxylic acids is 2. The molecule has 14 heteroatoms. The molecule has 2 aromatic heterocycles. The summed E-state index contributed by atoms with van der Waals surface area (Å²) in [6.45, 7) is 7.58. The fraction of sp³-hybridized carbons (Fsp3) is 0.432. The summed E-state index contributed by atoms with van der Waals surface area (Å²) in [7, 11) is -1.14. The number of hydrogen-bond acceptors (Lipinski definition) is 11. The first-order chi connectivity index (χ1) is 24.8. The van der Waals surface area contributed by atoms with Gasteiger partial charge in [-0.1, -0.05) is 25.1 Å². The van der Waals surface area contributed by atoms with Crippen LogP contribution in [-0.4, -0.2) is 105 Å². The van der Waals surface area contributed by atoms with Crippen LogP contribution in [0.4, 0.5) is 17.2 Å². The average Bonchev–Trinajstić information content (AvgIpc) is 3.81. The Labute approximate surface area is 299 Å².